The Labute approximate surface area is 160 Å². The van der Waals surface area contributed by atoms with E-state index in [4.69, 9.17) is 10.5 Å². The zero-order valence-corrected chi connectivity index (χ0v) is 17.5. The molecule has 1 rings (SSSR count). The van der Waals surface area contributed by atoms with Crippen molar-refractivity contribution in [3.63, 3.8) is 0 Å². The smallest absolute Gasteiger partial charge is 0.123 e. The Kier molecular flexibility index (Phi) is 10.2. The summed E-state index contributed by atoms with van der Waals surface area (Å²) in [5.74, 6) is 1.12. The Morgan fingerprint density at radius 3 is 2.42 bits per heavy atom. The standard InChI is InChI=1S/C22H40N2O2/c1-6-24(19(3)20-13-9-10-14-21(20)26-5)16-12-8-7-11-15-22(4,25)18(2)17-23/h9-10,13-14,18-19,25H,6-8,11-12,15-17,23H2,1-5H3/t18-,19-,22-/m0/s1. The molecule has 0 fully saturated rings. The number of rotatable bonds is 13. The lowest BCUT2D eigenvalue weighted by molar-refractivity contribution is -0.000531. The minimum absolute atomic E-state index is 0.153. The molecule has 0 aromatic heterocycles. The van der Waals surface area contributed by atoms with Gasteiger partial charge >= 0.3 is 0 Å². The molecule has 0 saturated carbocycles. The van der Waals surface area contributed by atoms with Crippen LogP contribution in [-0.2, 0) is 0 Å². The fourth-order valence-corrected chi connectivity index (χ4v) is 3.49. The van der Waals surface area contributed by atoms with Crippen molar-refractivity contribution >= 4 is 0 Å². The summed E-state index contributed by atoms with van der Waals surface area (Å²) in [5, 5.41) is 10.4. The molecule has 4 nitrogen and oxygen atoms in total. The Morgan fingerprint density at radius 1 is 1.15 bits per heavy atom. The fraction of sp³-hybridized carbons (Fsp3) is 0.727. The average molecular weight is 365 g/mol. The molecule has 0 heterocycles. The van der Waals surface area contributed by atoms with E-state index in [1.165, 1.54) is 18.4 Å². The number of nitrogens with two attached hydrogens (primary N) is 1. The molecule has 150 valence electrons. The monoisotopic (exact) mass is 364 g/mol. The highest BCUT2D eigenvalue weighted by atomic mass is 16.5. The van der Waals surface area contributed by atoms with E-state index >= 15 is 0 Å². The maximum absolute atomic E-state index is 10.4. The van der Waals surface area contributed by atoms with Crippen LogP contribution in [0.4, 0.5) is 0 Å². The summed E-state index contributed by atoms with van der Waals surface area (Å²) < 4.78 is 5.52. The number of aliphatic hydroxyl groups is 1. The van der Waals surface area contributed by atoms with Crippen LogP contribution in [0.25, 0.3) is 0 Å². The SMILES string of the molecule is CCN(CCCCCC[C@](C)(O)[C@@H](C)CN)[C@@H](C)c1ccccc1OC. The second-order valence-corrected chi connectivity index (χ2v) is 7.70. The minimum Gasteiger partial charge on any atom is -0.496 e. The Bertz CT molecular complexity index is 505. The summed E-state index contributed by atoms with van der Waals surface area (Å²) in [6, 6.07) is 8.64. The van der Waals surface area contributed by atoms with E-state index in [1.807, 2.05) is 26.0 Å². The van der Waals surface area contributed by atoms with Crippen LogP contribution in [0.2, 0.25) is 0 Å². The zero-order chi connectivity index (χ0) is 19.6. The third-order valence-electron chi connectivity index (χ3n) is 5.84. The van der Waals surface area contributed by atoms with Gasteiger partial charge in [-0.15, -0.1) is 0 Å². The highest BCUT2D eigenvalue weighted by molar-refractivity contribution is 5.35. The number of hydrogen-bond acceptors (Lipinski definition) is 4. The molecule has 1 aromatic carbocycles. The second-order valence-electron chi connectivity index (χ2n) is 7.70. The normalized spacial score (nSPS) is 16.3. The summed E-state index contributed by atoms with van der Waals surface area (Å²) in [6.07, 6.45) is 5.43. The average Bonchev–Trinajstić information content (AvgIpc) is 2.66. The van der Waals surface area contributed by atoms with Gasteiger partial charge < -0.3 is 15.6 Å². The first kappa shape index (κ1) is 22.9. The molecule has 1 aromatic rings. The Hall–Kier alpha value is -1.10. The van der Waals surface area contributed by atoms with Gasteiger partial charge in [-0.2, -0.15) is 0 Å². The summed E-state index contributed by atoms with van der Waals surface area (Å²) in [7, 11) is 1.74. The van der Waals surface area contributed by atoms with Gasteiger partial charge in [0.05, 0.1) is 12.7 Å². The van der Waals surface area contributed by atoms with Crippen molar-refractivity contribution in [2.24, 2.45) is 11.7 Å². The first-order valence-electron chi connectivity index (χ1n) is 10.2. The highest BCUT2D eigenvalue weighted by Gasteiger charge is 2.26. The lowest BCUT2D eigenvalue weighted by Gasteiger charge is -2.30. The molecule has 0 aliphatic carbocycles. The van der Waals surface area contributed by atoms with Gasteiger partial charge in [-0.3, -0.25) is 4.90 Å². The maximum Gasteiger partial charge on any atom is 0.123 e. The topological polar surface area (TPSA) is 58.7 Å². The Balaban J connectivity index is 2.38. The molecular formula is C22H40N2O2. The number of unbranched alkanes of at least 4 members (excludes halogenated alkanes) is 3. The first-order valence-corrected chi connectivity index (χ1v) is 10.2. The zero-order valence-electron chi connectivity index (χ0n) is 17.5. The van der Waals surface area contributed by atoms with Gasteiger partial charge in [0.15, 0.2) is 0 Å². The molecule has 0 amide bonds. The summed E-state index contributed by atoms with van der Waals surface area (Å²) >= 11 is 0. The van der Waals surface area contributed by atoms with Crippen LogP contribution in [0.3, 0.4) is 0 Å². The van der Waals surface area contributed by atoms with Crippen LogP contribution >= 0.6 is 0 Å². The third kappa shape index (κ3) is 6.90. The van der Waals surface area contributed by atoms with Gasteiger partial charge in [0.2, 0.25) is 0 Å². The number of ether oxygens (including phenoxy) is 1. The van der Waals surface area contributed by atoms with Crippen molar-refractivity contribution in [3.05, 3.63) is 29.8 Å². The maximum atomic E-state index is 10.4. The van der Waals surface area contributed by atoms with Crippen LogP contribution in [-0.4, -0.2) is 42.4 Å². The van der Waals surface area contributed by atoms with Gasteiger partial charge in [0.1, 0.15) is 5.75 Å². The molecular weight excluding hydrogens is 324 g/mol. The number of para-hydroxylation sites is 1. The molecule has 0 radical (unpaired) electrons. The number of hydrogen-bond donors (Lipinski definition) is 2. The van der Waals surface area contributed by atoms with Gasteiger partial charge in [0, 0.05) is 11.6 Å². The summed E-state index contributed by atoms with van der Waals surface area (Å²) in [5.41, 5.74) is 6.30. The van der Waals surface area contributed by atoms with Gasteiger partial charge in [-0.05, 0) is 58.3 Å². The highest BCUT2D eigenvalue weighted by Crippen LogP contribution is 2.29. The molecule has 0 aliphatic rings. The predicted molar refractivity (Wildman–Crippen MR) is 111 cm³/mol. The lowest BCUT2D eigenvalue weighted by atomic mass is 9.86. The van der Waals surface area contributed by atoms with E-state index < -0.39 is 5.60 Å². The summed E-state index contributed by atoms with van der Waals surface area (Å²) in [6.45, 7) is 11.1. The van der Waals surface area contributed by atoms with Crippen LogP contribution in [0.5, 0.6) is 5.75 Å². The predicted octanol–water partition coefficient (Wildman–Crippen LogP) is 4.37. The van der Waals surface area contributed by atoms with Crippen LogP contribution in [0.1, 0.15) is 71.4 Å². The lowest BCUT2D eigenvalue weighted by Crippen LogP contribution is -2.37. The van der Waals surface area contributed by atoms with Gasteiger partial charge in [-0.25, -0.2) is 0 Å². The Morgan fingerprint density at radius 2 is 1.81 bits per heavy atom. The molecule has 0 saturated heterocycles. The molecule has 3 N–H and O–H groups in total. The van der Waals surface area contributed by atoms with Crippen molar-refractivity contribution in [2.75, 3.05) is 26.7 Å². The van der Waals surface area contributed by atoms with Gasteiger partial charge in [-0.1, -0.05) is 51.3 Å². The fourth-order valence-electron chi connectivity index (χ4n) is 3.49. The third-order valence-corrected chi connectivity index (χ3v) is 5.84. The number of nitrogens with zero attached hydrogens (tertiary/aromatic N) is 1. The van der Waals surface area contributed by atoms with Crippen LogP contribution in [0.15, 0.2) is 24.3 Å². The van der Waals surface area contributed by atoms with E-state index in [2.05, 4.69) is 30.9 Å². The van der Waals surface area contributed by atoms with Crippen LogP contribution < -0.4 is 10.5 Å². The number of methoxy groups -OCH3 is 1. The molecule has 26 heavy (non-hydrogen) atoms. The quantitative estimate of drug-likeness (QED) is 0.510. The van der Waals surface area contributed by atoms with Crippen LogP contribution in [0, 0.1) is 5.92 Å². The molecule has 0 aliphatic heterocycles. The van der Waals surface area contributed by atoms with Crippen molar-refractivity contribution in [3.8, 4) is 5.75 Å². The molecule has 0 spiro atoms. The number of benzene rings is 1. The first-order chi connectivity index (χ1) is 12.4. The van der Waals surface area contributed by atoms with Crippen molar-refractivity contribution in [2.45, 2.75) is 71.4 Å². The molecule has 3 atom stereocenters. The summed E-state index contributed by atoms with van der Waals surface area (Å²) in [4.78, 5) is 2.50. The minimum atomic E-state index is -0.636. The largest absolute Gasteiger partial charge is 0.496 e. The van der Waals surface area contributed by atoms with Crippen molar-refractivity contribution in [1.82, 2.24) is 4.90 Å². The van der Waals surface area contributed by atoms with Crippen molar-refractivity contribution < 1.29 is 9.84 Å². The molecule has 0 bridgehead atoms. The van der Waals surface area contributed by atoms with E-state index in [-0.39, 0.29) is 5.92 Å². The van der Waals surface area contributed by atoms with Crippen molar-refractivity contribution in [1.29, 1.82) is 0 Å². The molecule has 0 unspecified atom stereocenters. The second kappa shape index (κ2) is 11.6. The van der Waals surface area contributed by atoms with E-state index in [0.717, 1.165) is 38.1 Å². The molecule has 4 heteroatoms. The van der Waals surface area contributed by atoms with E-state index in [0.29, 0.717) is 12.6 Å². The van der Waals surface area contributed by atoms with E-state index in [1.54, 1.807) is 7.11 Å². The van der Waals surface area contributed by atoms with Gasteiger partial charge in [0.25, 0.3) is 0 Å². The van der Waals surface area contributed by atoms with E-state index in [9.17, 15) is 5.11 Å².